The van der Waals surface area contributed by atoms with Crippen LogP contribution in [-0.2, 0) is 4.79 Å². The second-order valence-electron chi connectivity index (χ2n) is 7.34. The first kappa shape index (κ1) is 21.1. The molecule has 31 heavy (non-hydrogen) atoms. The number of aryl methyl sites for hydroxylation is 1. The number of nitrogens with zero attached hydrogens (tertiary/aromatic N) is 4. The van der Waals surface area contributed by atoms with Crippen LogP contribution in [0.2, 0.25) is 0 Å². The standard InChI is InChI=1S/C23H24FN5OS/c1-17-7-8-18(24)15-20(17)25-22(30)16-31-23-10-9-21(26-27-23)29-13-11-28(12-14-29)19-5-3-2-4-6-19/h2-10,15H,11-14,16H2,1H3,(H,25,30). The van der Waals surface area contributed by atoms with Crippen LogP contribution in [0.3, 0.4) is 0 Å². The Bertz CT molecular complexity index is 1020. The highest BCUT2D eigenvalue weighted by Crippen LogP contribution is 2.22. The number of rotatable bonds is 6. The topological polar surface area (TPSA) is 61.4 Å². The second kappa shape index (κ2) is 9.78. The van der Waals surface area contributed by atoms with Crippen LogP contribution in [-0.4, -0.2) is 48.0 Å². The molecule has 2 aromatic carbocycles. The molecule has 2 heterocycles. The van der Waals surface area contributed by atoms with Gasteiger partial charge in [0.05, 0.1) is 5.75 Å². The third kappa shape index (κ3) is 5.52. The summed E-state index contributed by atoms with van der Waals surface area (Å²) in [7, 11) is 0. The average molecular weight is 438 g/mol. The predicted molar refractivity (Wildman–Crippen MR) is 123 cm³/mol. The highest BCUT2D eigenvalue weighted by atomic mass is 32.2. The maximum Gasteiger partial charge on any atom is 0.234 e. The summed E-state index contributed by atoms with van der Waals surface area (Å²) in [6.07, 6.45) is 0. The average Bonchev–Trinajstić information content (AvgIpc) is 2.81. The van der Waals surface area contributed by atoms with Crippen LogP contribution in [0.5, 0.6) is 0 Å². The van der Waals surface area contributed by atoms with Gasteiger partial charge in [0.25, 0.3) is 0 Å². The van der Waals surface area contributed by atoms with Gasteiger partial charge in [-0.25, -0.2) is 4.39 Å². The quantitative estimate of drug-likeness (QED) is 0.589. The number of carbonyl (C=O) groups is 1. The molecule has 1 N–H and O–H groups in total. The molecule has 0 atom stereocenters. The van der Waals surface area contributed by atoms with Crippen LogP contribution in [0.15, 0.2) is 65.7 Å². The number of anilines is 3. The maximum atomic E-state index is 13.4. The van der Waals surface area contributed by atoms with Crippen molar-refractivity contribution in [3.63, 3.8) is 0 Å². The molecule has 1 aliphatic rings. The largest absolute Gasteiger partial charge is 0.368 e. The number of halogens is 1. The van der Waals surface area contributed by atoms with Gasteiger partial charge < -0.3 is 15.1 Å². The number of benzene rings is 2. The lowest BCUT2D eigenvalue weighted by Gasteiger charge is -2.36. The van der Waals surface area contributed by atoms with E-state index in [2.05, 4.69) is 49.6 Å². The third-order valence-corrected chi connectivity index (χ3v) is 6.10. The van der Waals surface area contributed by atoms with Crippen molar-refractivity contribution >= 4 is 34.9 Å². The molecular weight excluding hydrogens is 413 g/mol. The van der Waals surface area contributed by atoms with Crippen molar-refractivity contribution in [3.8, 4) is 0 Å². The van der Waals surface area contributed by atoms with E-state index in [1.807, 2.05) is 25.1 Å². The van der Waals surface area contributed by atoms with Gasteiger partial charge in [0.15, 0.2) is 5.82 Å². The van der Waals surface area contributed by atoms with E-state index in [-0.39, 0.29) is 17.5 Å². The number of aromatic nitrogens is 2. The van der Waals surface area contributed by atoms with Crippen molar-refractivity contribution in [2.45, 2.75) is 11.9 Å². The fourth-order valence-electron chi connectivity index (χ4n) is 3.45. The summed E-state index contributed by atoms with van der Waals surface area (Å²) in [5.74, 6) is 0.442. The molecule has 0 spiro atoms. The Kier molecular flexibility index (Phi) is 6.66. The third-order valence-electron chi connectivity index (χ3n) is 5.18. The minimum atomic E-state index is -0.375. The Labute approximate surface area is 185 Å². The van der Waals surface area contributed by atoms with Crippen molar-refractivity contribution < 1.29 is 9.18 Å². The number of amides is 1. The van der Waals surface area contributed by atoms with Crippen LogP contribution in [0.25, 0.3) is 0 Å². The Morgan fingerprint density at radius 2 is 1.74 bits per heavy atom. The minimum Gasteiger partial charge on any atom is -0.368 e. The van der Waals surface area contributed by atoms with Crippen LogP contribution in [0, 0.1) is 12.7 Å². The van der Waals surface area contributed by atoms with Gasteiger partial charge in [-0.2, -0.15) is 0 Å². The SMILES string of the molecule is Cc1ccc(F)cc1NC(=O)CSc1ccc(N2CCN(c3ccccc3)CC2)nn1. The molecule has 1 fully saturated rings. The van der Waals surface area contributed by atoms with Gasteiger partial charge in [-0.05, 0) is 48.9 Å². The molecule has 0 aliphatic carbocycles. The van der Waals surface area contributed by atoms with Gasteiger partial charge in [-0.1, -0.05) is 36.0 Å². The van der Waals surface area contributed by atoms with E-state index in [1.54, 1.807) is 6.07 Å². The van der Waals surface area contributed by atoms with Gasteiger partial charge >= 0.3 is 0 Å². The zero-order valence-corrected chi connectivity index (χ0v) is 18.1. The lowest BCUT2D eigenvalue weighted by molar-refractivity contribution is -0.113. The molecular formula is C23H24FN5OS. The zero-order valence-electron chi connectivity index (χ0n) is 17.3. The highest BCUT2D eigenvalue weighted by molar-refractivity contribution is 7.99. The lowest BCUT2D eigenvalue weighted by atomic mass is 10.2. The van der Waals surface area contributed by atoms with E-state index >= 15 is 0 Å². The number of hydrogen-bond donors (Lipinski definition) is 1. The summed E-state index contributed by atoms with van der Waals surface area (Å²) < 4.78 is 13.4. The minimum absolute atomic E-state index is 0.180. The monoisotopic (exact) mass is 437 g/mol. The van der Waals surface area contributed by atoms with Crippen LogP contribution in [0.4, 0.5) is 21.6 Å². The molecule has 0 bridgehead atoms. The maximum absolute atomic E-state index is 13.4. The zero-order chi connectivity index (χ0) is 21.6. The number of para-hydroxylation sites is 1. The predicted octanol–water partition coefficient (Wildman–Crippen LogP) is 3.98. The number of nitrogens with one attached hydrogen (secondary N) is 1. The number of carbonyl (C=O) groups excluding carboxylic acids is 1. The molecule has 160 valence electrons. The molecule has 6 nitrogen and oxygen atoms in total. The van der Waals surface area contributed by atoms with Crippen molar-refractivity contribution in [1.29, 1.82) is 0 Å². The second-order valence-corrected chi connectivity index (χ2v) is 8.33. The van der Waals surface area contributed by atoms with Gasteiger partial charge in [-0.15, -0.1) is 10.2 Å². The number of thioether (sulfide) groups is 1. The van der Waals surface area contributed by atoms with Crippen molar-refractivity contribution in [2.75, 3.05) is 47.0 Å². The Morgan fingerprint density at radius 3 is 2.45 bits per heavy atom. The van der Waals surface area contributed by atoms with Crippen molar-refractivity contribution in [2.24, 2.45) is 0 Å². The van der Waals surface area contributed by atoms with E-state index < -0.39 is 0 Å². The molecule has 4 rings (SSSR count). The highest BCUT2D eigenvalue weighted by Gasteiger charge is 2.18. The molecule has 3 aromatic rings. The van der Waals surface area contributed by atoms with Crippen molar-refractivity contribution in [1.82, 2.24) is 10.2 Å². The molecule has 1 amide bonds. The van der Waals surface area contributed by atoms with E-state index in [0.29, 0.717) is 10.7 Å². The Balaban J connectivity index is 1.27. The Morgan fingerprint density at radius 1 is 1.00 bits per heavy atom. The van der Waals surface area contributed by atoms with Gasteiger partial charge in [0.1, 0.15) is 10.8 Å². The van der Waals surface area contributed by atoms with E-state index in [9.17, 15) is 9.18 Å². The molecule has 0 radical (unpaired) electrons. The summed E-state index contributed by atoms with van der Waals surface area (Å²) in [6.45, 7) is 5.45. The molecule has 1 aromatic heterocycles. The van der Waals surface area contributed by atoms with Gasteiger partial charge in [-0.3, -0.25) is 4.79 Å². The smallest absolute Gasteiger partial charge is 0.234 e. The summed E-state index contributed by atoms with van der Waals surface area (Å²) in [4.78, 5) is 16.8. The van der Waals surface area contributed by atoms with Crippen LogP contribution < -0.4 is 15.1 Å². The van der Waals surface area contributed by atoms with Crippen LogP contribution >= 0.6 is 11.8 Å². The van der Waals surface area contributed by atoms with Crippen LogP contribution in [0.1, 0.15) is 5.56 Å². The first-order chi connectivity index (χ1) is 15.1. The summed E-state index contributed by atoms with van der Waals surface area (Å²) in [6, 6.07) is 18.6. The first-order valence-electron chi connectivity index (χ1n) is 10.2. The lowest BCUT2D eigenvalue weighted by Crippen LogP contribution is -2.46. The summed E-state index contributed by atoms with van der Waals surface area (Å²) >= 11 is 1.30. The van der Waals surface area contributed by atoms with E-state index in [1.165, 1.54) is 29.6 Å². The fourth-order valence-corrected chi connectivity index (χ4v) is 4.06. The number of hydrogen-bond acceptors (Lipinski definition) is 6. The summed E-state index contributed by atoms with van der Waals surface area (Å²) in [5, 5.41) is 12.0. The first-order valence-corrected chi connectivity index (χ1v) is 11.1. The van der Waals surface area contributed by atoms with Crippen molar-refractivity contribution in [3.05, 3.63) is 72.0 Å². The Hall–Kier alpha value is -3.13. The molecule has 8 heteroatoms. The molecule has 0 unspecified atom stereocenters. The fraction of sp³-hybridized carbons (Fsp3) is 0.261. The van der Waals surface area contributed by atoms with Gasteiger partial charge in [0.2, 0.25) is 5.91 Å². The molecule has 0 saturated carbocycles. The normalized spacial score (nSPS) is 13.9. The molecule has 1 aliphatic heterocycles. The number of piperazine rings is 1. The van der Waals surface area contributed by atoms with E-state index in [0.717, 1.165) is 37.6 Å². The van der Waals surface area contributed by atoms with E-state index in [4.69, 9.17) is 0 Å². The summed E-state index contributed by atoms with van der Waals surface area (Å²) in [5.41, 5.74) is 2.55. The van der Waals surface area contributed by atoms with Gasteiger partial charge in [0, 0.05) is 37.6 Å². The molecule has 1 saturated heterocycles.